The Morgan fingerprint density at radius 3 is 2.91 bits per heavy atom. The van der Waals surface area contributed by atoms with Gasteiger partial charge >= 0.3 is 0 Å². The van der Waals surface area contributed by atoms with Crippen LogP contribution in [0.4, 0.5) is 0 Å². The second kappa shape index (κ2) is 6.83. The summed E-state index contributed by atoms with van der Waals surface area (Å²) in [6.45, 7) is 0.946. The van der Waals surface area contributed by atoms with Gasteiger partial charge in [0.1, 0.15) is 11.4 Å². The molecule has 0 atom stereocenters. The van der Waals surface area contributed by atoms with Crippen molar-refractivity contribution in [2.75, 3.05) is 6.54 Å². The lowest BCUT2D eigenvalue weighted by Gasteiger charge is -2.25. The molecule has 1 N–H and O–H groups in total. The summed E-state index contributed by atoms with van der Waals surface area (Å²) in [5.41, 5.74) is 0.405. The van der Waals surface area contributed by atoms with Crippen molar-refractivity contribution >= 4 is 17.5 Å². The number of nitrogens with one attached hydrogen (secondary N) is 1. The van der Waals surface area contributed by atoms with Gasteiger partial charge in [-0.15, -0.1) is 0 Å². The zero-order valence-electron chi connectivity index (χ0n) is 12.2. The Morgan fingerprint density at radius 2 is 2.18 bits per heavy atom. The molecule has 6 heteroatoms. The van der Waals surface area contributed by atoms with Crippen molar-refractivity contribution in [1.82, 2.24) is 15.1 Å². The summed E-state index contributed by atoms with van der Waals surface area (Å²) < 4.78 is 7.15. The summed E-state index contributed by atoms with van der Waals surface area (Å²) in [6.07, 6.45) is 5.41. The van der Waals surface area contributed by atoms with Crippen LogP contribution in [-0.2, 0) is 6.73 Å². The molecule has 1 amide bonds. The monoisotopic (exact) mass is 319 g/mol. The van der Waals surface area contributed by atoms with Crippen LogP contribution in [0.1, 0.15) is 29.8 Å². The maximum absolute atomic E-state index is 12.0. The van der Waals surface area contributed by atoms with Crippen molar-refractivity contribution in [3.63, 3.8) is 0 Å². The zero-order chi connectivity index (χ0) is 15.4. The van der Waals surface area contributed by atoms with Gasteiger partial charge in [0.25, 0.3) is 5.91 Å². The maximum Gasteiger partial charge on any atom is 0.271 e. The molecule has 0 aliphatic heterocycles. The van der Waals surface area contributed by atoms with E-state index in [-0.39, 0.29) is 12.6 Å². The molecule has 1 fully saturated rings. The quantitative estimate of drug-likeness (QED) is 0.890. The van der Waals surface area contributed by atoms with E-state index in [1.54, 1.807) is 29.1 Å². The van der Waals surface area contributed by atoms with Crippen LogP contribution in [-0.4, -0.2) is 22.2 Å². The fourth-order valence-electron chi connectivity index (χ4n) is 2.28. The molecule has 2 aromatic rings. The molecule has 1 aromatic carbocycles. The summed E-state index contributed by atoms with van der Waals surface area (Å²) in [7, 11) is 0. The molecule has 0 spiro atoms. The Bertz CT molecular complexity index is 652. The van der Waals surface area contributed by atoms with Crippen molar-refractivity contribution < 1.29 is 9.53 Å². The standard InChI is InChI=1S/C16H18ClN3O2/c17-13-6-1-2-7-15(13)22-11-20-9-8-14(19-20)16(21)18-10-12-4-3-5-12/h1-2,6-9,12H,3-5,10-11H2,(H,18,21). The average molecular weight is 320 g/mol. The fourth-order valence-corrected chi connectivity index (χ4v) is 2.47. The van der Waals surface area contributed by atoms with Crippen LogP contribution in [0, 0.1) is 5.92 Å². The van der Waals surface area contributed by atoms with Crippen LogP contribution in [0.5, 0.6) is 5.75 Å². The highest BCUT2D eigenvalue weighted by Gasteiger charge is 2.19. The van der Waals surface area contributed by atoms with Gasteiger partial charge in [-0.1, -0.05) is 30.2 Å². The van der Waals surface area contributed by atoms with Gasteiger partial charge in [-0.3, -0.25) is 4.79 Å². The largest absolute Gasteiger partial charge is 0.470 e. The van der Waals surface area contributed by atoms with Gasteiger partial charge in [-0.2, -0.15) is 5.10 Å². The molecule has 0 bridgehead atoms. The summed E-state index contributed by atoms with van der Waals surface area (Å²) in [6, 6.07) is 8.93. The van der Waals surface area contributed by atoms with Gasteiger partial charge < -0.3 is 10.1 Å². The Morgan fingerprint density at radius 1 is 1.36 bits per heavy atom. The second-order valence-corrected chi connectivity index (χ2v) is 5.86. The predicted molar refractivity (Wildman–Crippen MR) is 84.0 cm³/mol. The minimum Gasteiger partial charge on any atom is -0.470 e. The van der Waals surface area contributed by atoms with E-state index >= 15 is 0 Å². The molecule has 1 heterocycles. The SMILES string of the molecule is O=C(NCC1CCC1)c1ccn(COc2ccccc2Cl)n1. The molecule has 1 saturated carbocycles. The van der Waals surface area contributed by atoms with Gasteiger partial charge in [0.05, 0.1) is 5.02 Å². The van der Waals surface area contributed by atoms with Gasteiger partial charge in [-0.05, 0) is 37.0 Å². The number of carbonyl (C=O) groups is 1. The topological polar surface area (TPSA) is 56.2 Å². The first-order chi connectivity index (χ1) is 10.7. The van der Waals surface area contributed by atoms with Gasteiger partial charge in [0.2, 0.25) is 0 Å². The normalized spacial score (nSPS) is 14.4. The zero-order valence-corrected chi connectivity index (χ0v) is 12.9. The number of amides is 1. The number of nitrogens with zero attached hydrogens (tertiary/aromatic N) is 2. The number of aromatic nitrogens is 2. The lowest BCUT2D eigenvalue weighted by molar-refractivity contribution is 0.0932. The van der Waals surface area contributed by atoms with Crippen LogP contribution < -0.4 is 10.1 Å². The number of halogens is 1. The van der Waals surface area contributed by atoms with Crippen LogP contribution >= 0.6 is 11.6 Å². The highest BCUT2D eigenvalue weighted by molar-refractivity contribution is 6.32. The van der Waals surface area contributed by atoms with Crippen LogP contribution in [0.2, 0.25) is 5.02 Å². The molecule has 1 aliphatic carbocycles. The molecule has 0 radical (unpaired) electrons. The molecule has 22 heavy (non-hydrogen) atoms. The van der Waals surface area contributed by atoms with E-state index in [0.717, 1.165) is 6.54 Å². The lowest BCUT2D eigenvalue weighted by Crippen LogP contribution is -2.32. The van der Waals surface area contributed by atoms with Crippen molar-refractivity contribution in [2.24, 2.45) is 5.92 Å². The second-order valence-electron chi connectivity index (χ2n) is 5.45. The van der Waals surface area contributed by atoms with Crippen LogP contribution in [0.25, 0.3) is 0 Å². The molecule has 3 rings (SSSR count). The van der Waals surface area contributed by atoms with Crippen molar-refractivity contribution in [2.45, 2.75) is 26.0 Å². The summed E-state index contributed by atoms with van der Waals surface area (Å²) in [5.74, 6) is 1.09. The van der Waals surface area contributed by atoms with E-state index in [4.69, 9.17) is 16.3 Å². The van der Waals surface area contributed by atoms with E-state index < -0.39 is 0 Å². The minimum atomic E-state index is -0.136. The molecule has 116 valence electrons. The smallest absolute Gasteiger partial charge is 0.271 e. The molecule has 5 nitrogen and oxygen atoms in total. The Labute approximate surface area is 134 Å². The number of carbonyl (C=O) groups excluding carboxylic acids is 1. The predicted octanol–water partition coefficient (Wildman–Crippen LogP) is 3.10. The first-order valence-electron chi connectivity index (χ1n) is 7.41. The highest BCUT2D eigenvalue weighted by Crippen LogP contribution is 2.25. The number of hydrogen-bond donors (Lipinski definition) is 1. The van der Waals surface area contributed by atoms with Gasteiger partial charge in [0.15, 0.2) is 6.73 Å². The van der Waals surface area contributed by atoms with Gasteiger partial charge in [-0.25, -0.2) is 4.68 Å². The molecule has 0 unspecified atom stereocenters. The van der Waals surface area contributed by atoms with E-state index in [9.17, 15) is 4.79 Å². The van der Waals surface area contributed by atoms with Crippen LogP contribution in [0.3, 0.4) is 0 Å². The average Bonchev–Trinajstić information content (AvgIpc) is 2.93. The number of hydrogen-bond acceptors (Lipinski definition) is 3. The Hall–Kier alpha value is -2.01. The fraction of sp³-hybridized carbons (Fsp3) is 0.375. The van der Waals surface area contributed by atoms with E-state index in [1.807, 2.05) is 12.1 Å². The third-order valence-electron chi connectivity index (χ3n) is 3.84. The van der Waals surface area contributed by atoms with Crippen molar-refractivity contribution in [3.8, 4) is 5.75 Å². The molecule has 1 aliphatic rings. The Kier molecular flexibility index (Phi) is 4.63. The summed E-state index contributed by atoms with van der Waals surface area (Å²) in [5, 5.41) is 7.68. The first kappa shape index (κ1) is 14.9. The molecule has 0 saturated heterocycles. The Balaban J connectivity index is 1.52. The molecular weight excluding hydrogens is 302 g/mol. The van der Waals surface area contributed by atoms with E-state index in [0.29, 0.717) is 22.4 Å². The van der Waals surface area contributed by atoms with Crippen molar-refractivity contribution in [1.29, 1.82) is 0 Å². The minimum absolute atomic E-state index is 0.136. The summed E-state index contributed by atoms with van der Waals surface area (Å²) in [4.78, 5) is 12.0. The summed E-state index contributed by atoms with van der Waals surface area (Å²) >= 11 is 6.02. The number of benzene rings is 1. The van der Waals surface area contributed by atoms with E-state index in [1.165, 1.54) is 19.3 Å². The lowest BCUT2D eigenvalue weighted by atomic mass is 9.85. The molecular formula is C16H18ClN3O2. The highest BCUT2D eigenvalue weighted by atomic mass is 35.5. The third kappa shape index (κ3) is 3.60. The molecule has 1 aromatic heterocycles. The number of para-hydroxylation sites is 1. The van der Waals surface area contributed by atoms with Gasteiger partial charge in [0, 0.05) is 12.7 Å². The van der Waals surface area contributed by atoms with Crippen LogP contribution in [0.15, 0.2) is 36.5 Å². The number of rotatable bonds is 6. The van der Waals surface area contributed by atoms with E-state index in [2.05, 4.69) is 10.4 Å². The third-order valence-corrected chi connectivity index (χ3v) is 4.15. The number of ether oxygens (including phenoxy) is 1. The maximum atomic E-state index is 12.0. The van der Waals surface area contributed by atoms with Crippen molar-refractivity contribution in [3.05, 3.63) is 47.2 Å². The first-order valence-corrected chi connectivity index (χ1v) is 7.79.